The first-order valence-electron chi connectivity index (χ1n) is 10.7. The predicted octanol–water partition coefficient (Wildman–Crippen LogP) is 6.89. The number of halogens is 3. The zero-order chi connectivity index (χ0) is 23.0. The largest absolute Gasteiger partial charge is 0.423 e. The van der Waals surface area contributed by atoms with Gasteiger partial charge < -0.3 is 4.74 Å². The normalized spacial score (nSPS) is 11.4. The van der Waals surface area contributed by atoms with E-state index in [1.54, 1.807) is 24.3 Å². The summed E-state index contributed by atoms with van der Waals surface area (Å²) in [5.41, 5.74) is 1.10. The average Bonchev–Trinajstić information content (AvgIpc) is 2.79. The van der Waals surface area contributed by atoms with Crippen molar-refractivity contribution < 1.29 is 22.7 Å². The van der Waals surface area contributed by atoms with Crippen LogP contribution in [-0.4, -0.2) is 15.9 Å². The van der Waals surface area contributed by atoms with Gasteiger partial charge in [-0.05, 0) is 66.9 Å². The Kier molecular flexibility index (Phi) is 7.98. The molecular weight excluding hydrogens is 417 g/mol. The zero-order valence-corrected chi connectivity index (χ0v) is 17.9. The molecule has 0 amide bonds. The Morgan fingerprint density at radius 3 is 2.09 bits per heavy atom. The average molecular weight is 442 g/mol. The third kappa shape index (κ3) is 6.64. The van der Waals surface area contributed by atoms with Gasteiger partial charge >= 0.3 is 12.1 Å². The van der Waals surface area contributed by atoms with Gasteiger partial charge in [0, 0.05) is 18.0 Å². The number of hydrogen-bond donors (Lipinski definition) is 0. The third-order valence-corrected chi connectivity index (χ3v) is 5.05. The van der Waals surface area contributed by atoms with Crippen LogP contribution in [0.1, 0.15) is 60.5 Å². The smallest absolute Gasteiger partial charge is 0.416 e. The minimum Gasteiger partial charge on any atom is -0.423 e. The highest BCUT2D eigenvalue weighted by Gasteiger charge is 2.30. The summed E-state index contributed by atoms with van der Waals surface area (Å²) >= 11 is 0. The first-order chi connectivity index (χ1) is 15.4. The molecule has 168 valence electrons. The van der Waals surface area contributed by atoms with Crippen LogP contribution in [0.15, 0.2) is 60.9 Å². The molecule has 0 atom stereocenters. The number of unbranched alkanes of at least 4 members (excludes halogenated alkanes) is 4. The maximum absolute atomic E-state index is 12.6. The van der Waals surface area contributed by atoms with Crippen molar-refractivity contribution in [2.75, 3.05) is 0 Å². The number of carbonyl (C=O) groups excluding carboxylic acids is 1. The van der Waals surface area contributed by atoms with Crippen LogP contribution in [-0.2, 0) is 12.6 Å². The molecule has 0 saturated heterocycles. The first kappa shape index (κ1) is 23.4. The topological polar surface area (TPSA) is 52.1 Å². The number of alkyl halides is 3. The number of aryl methyl sites for hydroxylation is 1. The van der Waals surface area contributed by atoms with E-state index in [9.17, 15) is 18.0 Å². The van der Waals surface area contributed by atoms with Crippen LogP contribution in [0.5, 0.6) is 5.75 Å². The van der Waals surface area contributed by atoms with Crippen LogP contribution >= 0.6 is 0 Å². The van der Waals surface area contributed by atoms with E-state index in [2.05, 4.69) is 16.9 Å². The van der Waals surface area contributed by atoms with Gasteiger partial charge in [-0.1, -0.05) is 32.6 Å². The molecule has 32 heavy (non-hydrogen) atoms. The molecule has 0 aliphatic carbocycles. The molecule has 7 heteroatoms. The van der Waals surface area contributed by atoms with E-state index in [0.29, 0.717) is 5.82 Å². The quantitative estimate of drug-likeness (QED) is 0.206. The minimum absolute atomic E-state index is 0.0377. The standard InChI is InChI=1S/C25H25F3N2O2/c1-2-3-4-5-6-7-18-16-29-23(30-17-18)19-10-14-22(15-11-19)32-24(31)20-8-12-21(13-9-20)25(26,27)28/h8-17H,2-7H2,1H3. The molecule has 0 aliphatic heterocycles. The van der Waals surface area contributed by atoms with Gasteiger partial charge in [0.15, 0.2) is 5.82 Å². The Hall–Kier alpha value is -3.22. The molecule has 0 radical (unpaired) electrons. The van der Waals surface area contributed by atoms with Crippen LogP contribution in [0, 0.1) is 0 Å². The summed E-state index contributed by atoms with van der Waals surface area (Å²) in [6.45, 7) is 2.20. The summed E-state index contributed by atoms with van der Waals surface area (Å²) in [5.74, 6) is 0.119. The number of nitrogens with zero attached hydrogens (tertiary/aromatic N) is 2. The fourth-order valence-corrected chi connectivity index (χ4v) is 3.20. The number of hydrogen-bond acceptors (Lipinski definition) is 4. The third-order valence-electron chi connectivity index (χ3n) is 5.05. The lowest BCUT2D eigenvalue weighted by molar-refractivity contribution is -0.137. The summed E-state index contributed by atoms with van der Waals surface area (Å²) in [6.07, 6.45) is 6.27. The van der Waals surface area contributed by atoms with E-state index in [0.717, 1.165) is 48.2 Å². The van der Waals surface area contributed by atoms with E-state index in [-0.39, 0.29) is 11.3 Å². The van der Waals surface area contributed by atoms with E-state index < -0.39 is 17.7 Å². The molecule has 2 aromatic carbocycles. The summed E-state index contributed by atoms with van der Waals surface area (Å²) in [6, 6.07) is 10.6. The first-order valence-corrected chi connectivity index (χ1v) is 10.7. The van der Waals surface area contributed by atoms with Crippen LogP contribution in [0.4, 0.5) is 13.2 Å². The number of esters is 1. The van der Waals surface area contributed by atoms with E-state index in [1.807, 2.05) is 12.4 Å². The Morgan fingerprint density at radius 2 is 1.50 bits per heavy atom. The van der Waals surface area contributed by atoms with Crippen molar-refractivity contribution in [1.29, 1.82) is 0 Å². The Balaban J connectivity index is 1.56. The summed E-state index contributed by atoms with van der Waals surface area (Å²) in [7, 11) is 0. The van der Waals surface area contributed by atoms with Crippen molar-refractivity contribution in [3.8, 4) is 17.1 Å². The molecule has 1 heterocycles. The summed E-state index contributed by atoms with van der Waals surface area (Å²) in [4.78, 5) is 21.0. The second kappa shape index (κ2) is 10.9. The van der Waals surface area contributed by atoms with E-state index in [1.165, 1.54) is 25.7 Å². The van der Waals surface area contributed by atoms with Crippen molar-refractivity contribution >= 4 is 5.97 Å². The maximum Gasteiger partial charge on any atom is 0.416 e. The lowest BCUT2D eigenvalue weighted by Crippen LogP contribution is -2.10. The van der Waals surface area contributed by atoms with Crippen molar-refractivity contribution in [3.05, 3.63) is 77.6 Å². The number of benzene rings is 2. The molecule has 3 aromatic rings. The second-order valence-electron chi connectivity index (χ2n) is 7.57. The number of carbonyl (C=O) groups is 1. The number of rotatable bonds is 9. The second-order valence-corrected chi connectivity index (χ2v) is 7.57. The maximum atomic E-state index is 12.6. The number of aromatic nitrogens is 2. The molecule has 3 rings (SSSR count). The van der Waals surface area contributed by atoms with Gasteiger partial charge in [-0.25, -0.2) is 14.8 Å². The molecular formula is C25H25F3N2O2. The molecule has 0 unspecified atom stereocenters. The van der Waals surface area contributed by atoms with Gasteiger partial charge in [0.2, 0.25) is 0 Å². The Bertz CT molecular complexity index is 999. The fourth-order valence-electron chi connectivity index (χ4n) is 3.20. The van der Waals surface area contributed by atoms with Gasteiger partial charge in [-0.3, -0.25) is 0 Å². The monoisotopic (exact) mass is 442 g/mol. The highest BCUT2D eigenvalue weighted by molar-refractivity contribution is 5.91. The van der Waals surface area contributed by atoms with Gasteiger partial charge in [0.05, 0.1) is 11.1 Å². The SMILES string of the molecule is CCCCCCCc1cnc(-c2ccc(OC(=O)c3ccc(C(F)(F)F)cc3)cc2)nc1. The van der Waals surface area contributed by atoms with Crippen LogP contribution in [0.25, 0.3) is 11.4 Å². The molecule has 4 nitrogen and oxygen atoms in total. The molecule has 0 bridgehead atoms. The van der Waals surface area contributed by atoms with Gasteiger partial charge in [0.1, 0.15) is 5.75 Å². The van der Waals surface area contributed by atoms with Crippen molar-refractivity contribution in [2.45, 2.75) is 51.6 Å². The molecule has 0 N–H and O–H groups in total. The molecule has 0 fully saturated rings. The molecule has 0 aliphatic rings. The Morgan fingerprint density at radius 1 is 0.875 bits per heavy atom. The minimum atomic E-state index is -4.45. The Labute approximate surface area is 185 Å². The lowest BCUT2D eigenvalue weighted by Gasteiger charge is -2.08. The van der Waals surface area contributed by atoms with Gasteiger partial charge in [-0.2, -0.15) is 13.2 Å². The fraction of sp³-hybridized carbons (Fsp3) is 0.320. The predicted molar refractivity (Wildman–Crippen MR) is 116 cm³/mol. The molecule has 1 aromatic heterocycles. The van der Waals surface area contributed by atoms with E-state index >= 15 is 0 Å². The lowest BCUT2D eigenvalue weighted by atomic mass is 10.1. The zero-order valence-electron chi connectivity index (χ0n) is 17.9. The number of ether oxygens (including phenoxy) is 1. The van der Waals surface area contributed by atoms with Crippen molar-refractivity contribution in [2.24, 2.45) is 0 Å². The van der Waals surface area contributed by atoms with Crippen LogP contribution < -0.4 is 4.74 Å². The van der Waals surface area contributed by atoms with Crippen molar-refractivity contribution in [3.63, 3.8) is 0 Å². The van der Waals surface area contributed by atoms with Crippen molar-refractivity contribution in [1.82, 2.24) is 9.97 Å². The van der Waals surface area contributed by atoms with Crippen LogP contribution in [0.2, 0.25) is 0 Å². The van der Waals surface area contributed by atoms with Gasteiger partial charge in [0.25, 0.3) is 0 Å². The van der Waals surface area contributed by atoms with E-state index in [4.69, 9.17) is 4.74 Å². The molecule has 0 spiro atoms. The summed E-state index contributed by atoms with van der Waals surface area (Å²) < 4.78 is 43.2. The van der Waals surface area contributed by atoms with Crippen LogP contribution in [0.3, 0.4) is 0 Å². The highest BCUT2D eigenvalue weighted by atomic mass is 19.4. The highest BCUT2D eigenvalue weighted by Crippen LogP contribution is 2.29. The summed E-state index contributed by atoms with van der Waals surface area (Å²) in [5, 5.41) is 0. The van der Waals surface area contributed by atoms with Gasteiger partial charge in [-0.15, -0.1) is 0 Å². The molecule has 0 saturated carbocycles.